The number of hydrogen-bond donors (Lipinski definition) is 2. The number of aromatic nitrogens is 4. The summed E-state index contributed by atoms with van der Waals surface area (Å²) >= 11 is 4.89. The summed E-state index contributed by atoms with van der Waals surface area (Å²) in [6.07, 6.45) is -0.894. The van der Waals surface area contributed by atoms with Gasteiger partial charge in [-0.1, -0.05) is 58.0 Å². The number of aliphatic hydroxyl groups excluding tert-OH is 1. The van der Waals surface area contributed by atoms with Crippen molar-refractivity contribution in [3.8, 4) is 5.75 Å². The lowest BCUT2D eigenvalue weighted by Crippen LogP contribution is -2.30. The van der Waals surface area contributed by atoms with Crippen molar-refractivity contribution in [2.45, 2.75) is 23.6 Å². The van der Waals surface area contributed by atoms with Gasteiger partial charge in [0.15, 0.2) is 16.3 Å². The number of hydrogen-bond acceptors (Lipinski definition) is 6. The molecule has 0 spiro atoms. The highest BCUT2D eigenvalue weighted by Gasteiger charge is 2.20. The molecule has 166 valence electrons. The third-order valence-corrected chi connectivity index (χ3v) is 6.35. The van der Waals surface area contributed by atoms with E-state index in [2.05, 4.69) is 25.9 Å². The van der Waals surface area contributed by atoms with Gasteiger partial charge in [-0.25, -0.2) is 9.78 Å². The quantitative estimate of drug-likeness (QED) is 0.349. The second-order valence-electron chi connectivity index (χ2n) is 7.19. The molecular formula is C22H21BrN4O4S. The molecule has 0 bridgehead atoms. The number of aromatic amines is 1. The standard InChI is InChI=1S/C22H21BrN4O4S/c1-26-19-18(20(29)25-21(26)30)27(11-16(28)12-31-17-8-3-2-4-9-17)22(24-19)32-13-14-6-5-7-15(23)10-14/h2-10,16,28H,11-13H2,1H3,(H,25,29,30)/t16-/m1/s1. The van der Waals surface area contributed by atoms with Crippen molar-refractivity contribution in [2.75, 3.05) is 6.61 Å². The predicted molar refractivity (Wildman–Crippen MR) is 127 cm³/mol. The number of imidazole rings is 1. The van der Waals surface area contributed by atoms with Crippen molar-refractivity contribution in [3.05, 3.63) is 85.5 Å². The maximum Gasteiger partial charge on any atom is 0.329 e. The van der Waals surface area contributed by atoms with Gasteiger partial charge >= 0.3 is 5.69 Å². The molecule has 2 aromatic heterocycles. The highest BCUT2D eigenvalue weighted by molar-refractivity contribution is 9.10. The molecule has 0 aliphatic heterocycles. The number of nitrogens with one attached hydrogen (secondary N) is 1. The normalized spacial score (nSPS) is 12.2. The Hall–Kier alpha value is -2.82. The molecule has 10 heteroatoms. The van der Waals surface area contributed by atoms with Gasteiger partial charge < -0.3 is 14.4 Å². The van der Waals surface area contributed by atoms with Crippen LogP contribution in [0.1, 0.15) is 5.56 Å². The summed E-state index contributed by atoms with van der Waals surface area (Å²) in [5.74, 6) is 1.25. The molecule has 0 saturated heterocycles. The molecule has 4 aromatic rings. The van der Waals surface area contributed by atoms with E-state index >= 15 is 0 Å². The molecule has 0 saturated carbocycles. The lowest BCUT2D eigenvalue weighted by atomic mass is 10.2. The third kappa shape index (κ3) is 4.98. The minimum atomic E-state index is -0.894. The Kier molecular flexibility index (Phi) is 6.83. The Balaban J connectivity index is 1.63. The molecule has 0 aliphatic carbocycles. The summed E-state index contributed by atoms with van der Waals surface area (Å²) < 4.78 is 9.56. The summed E-state index contributed by atoms with van der Waals surface area (Å²) in [5.41, 5.74) is 0.498. The smallest absolute Gasteiger partial charge is 0.329 e. The average molecular weight is 517 g/mol. The largest absolute Gasteiger partial charge is 0.491 e. The highest BCUT2D eigenvalue weighted by atomic mass is 79.9. The van der Waals surface area contributed by atoms with E-state index in [1.165, 1.54) is 16.3 Å². The zero-order valence-corrected chi connectivity index (χ0v) is 19.6. The number of H-pyrrole nitrogens is 1. The maximum atomic E-state index is 12.6. The van der Waals surface area contributed by atoms with Gasteiger partial charge in [0.25, 0.3) is 5.56 Å². The SMILES string of the molecule is Cn1c(=O)[nH]c(=O)c2c1nc(SCc1cccc(Br)c1)n2C[C@@H](O)COc1ccccc1. The van der Waals surface area contributed by atoms with Crippen LogP contribution in [-0.2, 0) is 19.3 Å². The molecule has 0 amide bonds. The first-order chi connectivity index (χ1) is 15.4. The molecule has 2 N–H and O–H groups in total. The van der Waals surface area contributed by atoms with Crippen LogP contribution < -0.4 is 16.0 Å². The zero-order chi connectivity index (χ0) is 22.7. The molecule has 0 fully saturated rings. The first-order valence-electron chi connectivity index (χ1n) is 9.85. The number of ether oxygens (including phenoxy) is 1. The minimum Gasteiger partial charge on any atom is -0.491 e. The Morgan fingerprint density at radius 2 is 1.97 bits per heavy atom. The first kappa shape index (κ1) is 22.4. The van der Waals surface area contributed by atoms with Gasteiger partial charge in [0, 0.05) is 17.3 Å². The first-order valence-corrected chi connectivity index (χ1v) is 11.6. The highest BCUT2D eigenvalue weighted by Crippen LogP contribution is 2.26. The number of thioether (sulfide) groups is 1. The number of para-hydroxylation sites is 1. The predicted octanol–water partition coefficient (Wildman–Crippen LogP) is 2.92. The van der Waals surface area contributed by atoms with Crippen molar-refractivity contribution in [2.24, 2.45) is 7.05 Å². The van der Waals surface area contributed by atoms with Crippen LogP contribution in [0.15, 0.2) is 73.8 Å². The molecule has 1 atom stereocenters. The fourth-order valence-electron chi connectivity index (χ4n) is 3.24. The van der Waals surface area contributed by atoms with Crippen molar-refractivity contribution in [1.82, 2.24) is 19.1 Å². The second kappa shape index (κ2) is 9.76. The van der Waals surface area contributed by atoms with E-state index in [4.69, 9.17) is 4.74 Å². The lowest BCUT2D eigenvalue weighted by molar-refractivity contribution is 0.0914. The van der Waals surface area contributed by atoms with E-state index in [-0.39, 0.29) is 24.3 Å². The van der Waals surface area contributed by atoms with Crippen LogP contribution in [0.25, 0.3) is 11.2 Å². The number of rotatable bonds is 8. The molecule has 8 nitrogen and oxygen atoms in total. The Morgan fingerprint density at radius 1 is 1.19 bits per heavy atom. The van der Waals surface area contributed by atoms with Gasteiger partial charge in [0.05, 0.1) is 6.54 Å². The van der Waals surface area contributed by atoms with Crippen molar-refractivity contribution in [1.29, 1.82) is 0 Å². The molecule has 0 unspecified atom stereocenters. The summed E-state index contributed by atoms with van der Waals surface area (Å²) in [4.78, 5) is 31.5. The monoisotopic (exact) mass is 516 g/mol. The zero-order valence-electron chi connectivity index (χ0n) is 17.2. The number of fused-ring (bicyclic) bond motifs is 1. The van der Waals surface area contributed by atoms with Crippen LogP contribution >= 0.6 is 27.7 Å². The average Bonchev–Trinajstić information content (AvgIpc) is 3.14. The van der Waals surface area contributed by atoms with Gasteiger partial charge in [-0.05, 0) is 29.8 Å². The van der Waals surface area contributed by atoms with Crippen molar-refractivity contribution >= 4 is 38.9 Å². The minimum absolute atomic E-state index is 0.0447. The van der Waals surface area contributed by atoms with Gasteiger partial charge in [-0.15, -0.1) is 0 Å². The number of benzene rings is 2. The molecular weight excluding hydrogens is 496 g/mol. The van der Waals surface area contributed by atoms with Crippen molar-refractivity contribution < 1.29 is 9.84 Å². The summed E-state index contributed by atoms with van der Waals surface area (Å²) in [6.45, 7) is 0.133. The summed E-state index contributed by atoms with van der Waals surface area (Å²) in [7, 11) is 1.55. The van der Waals surface area contributed by atoms with Crippen LogP contribution in [0.3, 0.4) is 0 Å². The molecule has 2 heterocycles. The lowest BCUT2D eigenvalue weighted by Gasteiger charge is -2.15. The number of aliphatic hydroxyl groups is 1. The van der Waals surface area contributed by atoms with Crippen LogP contribution in [0.2, 0.25) is 0 Å². The fourth-order valence-corrected chi connectivity index (χ4v) is 4.64. The number of aryl methyl sites for hydroxylation is 1. The van der Waals surface area contributed by atoms with Crippen LogP contribution in [0, 0.1) is 0 Å². The van der Waals surface area contributed by atoms with Gasteiger partial charge in [0.1, 0.15) is 18.5 Å². The number of halogens is 1. The van der Waals surface area contributed by atoms with Crippen LogP contribution in [-0.4, -0.2) is 36.9 Å². The third-order valence-electron chi connectivity index (χ3n) is 4.81. The summed E-state index contributed by atoms with van der Waals surface area (Å²) in [6, 6.07) is 17.1. The van der Waals surface area contributed by atoms with Crippen molar-refractivity contribution in [3.63, 3.8) is 0 Å². The van der Waals surface area contributed by atoms with E-state index in [1.807, 2.05) is 42.5 Å². The van der Waals surface area contributed by atoms with E-state index < -0.39 is 17.4 Å². The molecule has 4 rings (SSSR count). The van der Waals surface area contributed by atoms with E-state index in [0.717, 1.165) is 10.0 Å². The summed E-state index contributed by atoms with van der Waals surface area (Å²) in [5, 5.41) is 11.2. The van der Waals surface area contributed by atoms with E-state index in [0.29, 0.717) is 16.7 Å². The maximum absolute atomic E-state index is 12.6. The van der Waals surface area contributed by atoms with Crippen LogP contribution in [0.4, 0.5) is 0 Å². The van der Waals surface area contributed by atoms with Gasteiger partial charge in [0.2, 0.25) is 0 Å². The molecule has 2 aromatic carbocycles. The second-order valence-corrected chi connectivity index (χ2v) is 9.05. The van der Waals surface area contributed by atoms with E-state index in [1.54, 1.807) is 23.7 Å². The van der Waals surface area contributed by atoms with Gasteiger partial charge in [-0.3, -0.25) is 14.3 Å². The Bertz CT molecular complexity index is 1350. The topological polar surface area (TPSA) is 102 Å². The molecule has 32 heavy (non-hydrogen) atoms. The number of nitrogens with zero attached hydrogens (tertiary/aromatic N) is 3. The van der Waals surface area contributed by atoms with Crippen LogP contribution in [0.5, 0.6) is 5.75 Å². The van der Waals surface area contributed by atoms with E-state index in [9.17, 15) is 14.7 Å². The Morgan fingerprint density at radius 3 is 2.72 bits per heavy atom. The Labute approximate surface area is 196 Å². The van der Waals surface area contributed by atoms with Gasteiger partial charge in [-0.2, -0.15) is 0 Å². The fraction of sp³-hybridized carbons (Fsp3) is 0.227. The molecule has 0 aliphatic rings. The molecule has 0 radical (unpaired) electrons.